The van der Waals surface area contributed by atoms with Crippen LogP contribution in [0.2, 0.25) is 10.3 Å². The molecule has 2 aromatic rings. The third-order valence-corrected chi connectivity index (χ3v) is 4.11. The first-order valence-electron chi connectivity index (χ1n) is 6.46. The van der Waals surface area contributed by atoms with E-state index in [0.717, 1.165) is 0 Å². The van der Waals surface area contributed by atoms with Gasteiger partial charge in [-0.25, -0.2) is 14.4 Å². The molecule has 1 aromatic heterocycles. The molecular formula is C15H15Cl2FN2O. The number of methoxy groups -OCH3 is 1. The zero-order valence-electron chi connectivity index (χ0n) is 12.0. The van der Waals surface area contributed by atoms with Crippen molar-refractivity contribution in [2.45, 2.75) is 25.9 Å². The van der Waals surface area contributed by atoms with Gasteiger partial charge in [0.15, 0.2) is 5.82 Å². The van der Waals surface area contributed by atoms with Crippen LogP contribution in [0.5, 0.6) is 0 Å². The maximum absolute atomic E-state index is 13.9. The molecule has 0 saturated carbocycles. The number of nitrogens with zero attached hydrogens (tertiary/aromatic N) is 2. The first-order valence-corrected chi connectivity index (χ1v) is 7.22. The van der Waals surface area contributed by atoms with Gasteiger partial charge in [0.25, 0.3) is 0 Å². The van der Waals surface area contributed by atoms with Crippen LogP contribution in [0.4, 0.5) is 4.39 Å². The average Bonchev–Trinajstić information content (AvgIpc) is 2.47. The first kappa shape index (κ1) is 16.1. The molecule has 0 aliphatic heterocycles. The largest absolute Gasteiger partial charge is 0.371 e. The van der Waals surface area contributed by atoms with E-state index in [2.05, 4.69) is 9.97 Å². The van der Waals surface area contributed by atoms with Gasteiger partial charge in [0.1, 0.15) is 21.7 Å². The smallest absolute Gasteiger partial charge is 0.163 e. The summed E-state index contributed by atoms with van der Waals surface area (Å²) in [7, 11) is 1.57. The first-order chi connectivity index (χ1) is 9.92. The Bertz CT molecular complexity index is 637. The molecule has 1 aromatic carbocycles. The van der Waals surface area contributed by atoms with Gasteiger partial charge >= 0.3 is 0 Å². The maximum atomic E-state index is 13.9. The molecule has 0 fully saturated rings. The third kappa shape index (κ3) is 3.03. The topological polar surface area (TPSA) is 35.0 Å². The van der Waals surface area contributed by atoms with Gasteiger partial charge in [0.05, 0.1) is 5.56 Å². The van der Waals surface area contributed by atoms with Crippen molar-refractivity contribution in [1.82, 2.24) is 9.97 Å². The van der Waals surface area contributed by atoms with Crippen LogP contribution in [0.25, 0.3) is 11.1 Å². The molecule has 0 amide bonds. The molecule has 0 aliphatic rings. The quantitative estimate of drug-likeness (QED) is 0.751. The Balaban J connectivity index is 2.61. The highest BCUT2D eigenvalue weighted by molar-refractivity contribution is 6.37. The molecular weight excluding hydrogens is 314 g/mol. The van der Waals surface area contributed by atoms with Crippen LogP contribution < -0.4 is 0 Å². The van der Waals surface area contributed by atoms with E-state index in [-0.39, 0.29) is 21.4 Å². The summed E-state index contributed by atoms with van der Waals surface area (Å²) >= 11 is 12.4. The lowest BCUT2D eigenvalue weighted by molar-refractivity contribution is -0.00894. The Hall–Kier alpha value is -1.23. The molecule has 112 valence electrons. The van der Waals surface area contributed by atoms with Gasteiger partial charge in [0.2, 0.25) is 0 Å². The van der Waals surface area contributed by atoms with Crippen LogP contribution in [0.1, 0.15) is 26.1 Å². The SMILES string of the molecule is CCC(C)(OC)c1nc(Cl)c(-c2ccccc2F)c(Cl)n1. The van der Waals surface area contributed by atoms with E-state index in [4.69, 9.17) is 27.9 Å². The van der Waals surface area contributed by atoms with Crippen molar-refractivity contribution in [2.24, 2.45) is 0 Å². The highest BCUT2D eigenvalue weighted by Gasteiger charge is 2.30. The van der Waals surface area contributed by atoms with Gasteiger partial charge in [-0.2, -0.15) is 0 Å². The number of hydrogen-bond donors (Lipinski definition) is 0. The second-order valence-corrected chi connectivity index (χ2v) is 5.49. The summed E-state index contributed by atoms with van der Waals surface area (Å²) < 4.78 is 19.3. The van der Waals surface area contributed by atoms with Crippen molar-refractivity contribution in [2.75, 3.05) is 7.11 Å². The van der Waals surface area contributed by atoms with Crippen molar-refractivity contribution in [3.63, 3.8) is 0 Å². The predicted octanol–water partition coefficient (Wildman–Crippen LogP) is 4.86. The van der Waals surface area contributed by atoms with Crippen LogP contribution >= 0.6 is 23.2 Å². The summed E-state index contributed by atoms with van der Waals surface area (Å²) in [5.74, 6) is -0.0507. The molecule has 1 unspecified atom stereocenters. The fourth-order valence-corrected chi connectivity index (χ4v) is 2.52. The van der Waals surface area contributed by atoms with Crippen LogP contribution in [0.3, 0.4) is 0 Å². The van der Waals surface area contributed by atoms with E-state index in [0.29, 0.717) is 12.2 Å². The van der Waals surface area contributed by atoms with E-state index in [1.54, 1.807) is 25.3 Å². The fourth-order valence-electron chi connectivity index (χ4n) is 1.92. The maximum Gasteiger partial charge on any atom is 0.163 e. The zero-order valence-corrected chi connectivity index (χ0v) is 13.5. The number of halogens is 3. The number of ether oxygens (including phenoxy) is 1. The second-order valence-electron chi connectivity index (χ2n) is 4.77. The van der Waals surface area contributed by atoms with Crippen molar-refractivity contribution in [3.05, 3.63) is 46.2 Å². The molecule has 1 atom stereocenters. The van der Waals surface area contributed by atoms with E-state index >= 15 is 0 Å². The Morgan fingerprint density at radius 2 is 1.76 bits per heavy atom. The minimum absolute atomic E-state index is 0.104. The van der Waals surface area contributed by atoms with Crippen LogP contribution in [0, 0.1) is 5.82 Å². The molecule has 0 radical (unpaired) electrons. The summed E-state index contributed by atoms with van der Waals surface area (Å²) in [5, 5.41) is 0.207. The van der Waals surface area contributed by atoms with Gasteiger partial charge in [-0.15, -0.1) is 0 Å². The minimum Gasteiger partial charge on any atom is -0.371 e. The molecule has 0 spiro atoms. The zero-order chi connectivity index (χ0) is 15.6. The normalized spacial score (nSPS) is 14.0. The van der Waals surface area contributed by atoms with Crippen molar-refractivity contribution in [3.8, 4) is 11.1 Å². The van der Waals surface area contributed by atoms with E-state index in [1.165, 1.54) is 6.07 Å². The van der Waals surface area contributed by atoms with Gasteiger partial charge < -0.3 is 4.74 Å². The summed E-state index contributed by atoms with van der Waals surface area (Å²) in [6, 6.07) is 6.21. The van der Waals surface area contributed by atoms with Crippen LogP contribution in [-0.2, 0) is 10.3 Å². The molecule has 0 N–H and O–H groups in total. The second kappa shape index (κ2) is 6.26. The van der Waals surface area contributed by atoms with Gasteiger partial charge in [-0.3, -0.25) is 0 Å². The Kier molecular flexibility index (Phi) is 4.81. The fraction of sp³-hybridized carbons (Fsp3) is 0.333. The molecule has 6 heteroatoms. The molecule has 0 bridgehead atoms. The Labute approximate surface area is 133 Å². The number of rotatable bonds is 4. The van der Waals surface area contributed by atoms with E-state index in [1.807, 2.05) is 13.8 Å². The molecule has 0 aliphatic carbocycles. The molecule has 1 heterocycles. The third-order valence-electron chi connectivity index (χ3n) is 3.56. The van der Waals surface area contributed by atoms with E-state index in [9.17, 15) is 4.39 Å². The average molecular weight is 329 g/mol. The van der Waals surface area contributed by atoms with E-state index < -0.39 is 11.4 Å². The predicted molar refractivity (Wildman–Crippen MR) is 82.1 cm³/mol. The monoisotopic (exact) mass is 328 g/mol. The van der Waals surface area contributed by atoms with Crippen molar-refractivity contribution >= 4 is 23.2 Å². The summed E-state index contributed by atoms with van der Waals surface area (Å²) in [5.41, 5.74) is -0.134. The standard InChI is InChI=1S/C15H15Cl2FN2O/c1-4-15(2,21-3)14-19-12(16)11(13(17)20-14)9-7-5-6-8-10(9)18/h5-8H,4H2,1-3H3. The Morgan fingerprint density at radius 1 is 1.19 bits per heavy atom. The highest BCUT2D eigenvalue weighted by Crippen LogP contribution is 2.36. The Morgan fingerprint density at radius 3 is 2.24 bits per heavy atom. The van der Waals surface area contributed by atoms with Gasteiger partial charge in [0, 0.05) is 12.7 Å². The summed E-state index contributed by atoms with van der Waals surface area (Å²) in [6.45, 7) is 3.79. The summed E-state index contributed by atoms with van der Waals surface area (Å²) in [6.07, 6.45) is 0.648. The van der Waals surface area contributed by atoms with Gasteiger partial charge in [-0.05, 0) is 19.4 Å². The number of aromatic nitrogens is 2. The van der Waals surface area contributed by atoms with Crippen LogP contribution in [-0.4, -0.2) is 17.1 Å². The molecule has 21 heavy (non-hydrogen) atoms. The number of hydrogen-bond acceptors (Lipinski definition) is 3. The number of benzene rings is 1. The van der Waals surface area contributed by atoms with Crippen LogP contribution in [0.15, 0.2) is 24.3 Å². The highest BCUT2D eigenvalue weighted by atomic mass is 35.5. The lowest BCUT2D eigenvalue weighted by atomic mass is 10.0. The molecule has 3 nitrogen and oxygen atoms in total. The van der Waals surface area contributed by atoms with Crippen molar-refractivity contribution < 1.29 is 9.13 Å². The minimum atomic E-state index is -0.693. The molecule has 2 rings (SSSR count). The molecule has 0 saturated heterocycles. The van der Waals surface area contributed by atoms with Gasteiger partial charge in [-0.1, -0.05) is 48.3 Å². The lowest BCUT2D eigenvalue weighted by Crippen LogP contribution is -2.26. The summed E-state index contributed by atoms with van der Waals surface area (Å²) in [4.78, 5) is 8.49. The lowest BCUT2D eigenvalue weighted by Gasteiger charge is -2.25. The van der Waals surface area contributed by atoms with Crippen molar-refractivity contribution in [1.29, 1.82) is 0 Å².